The topological polar surface area (TPSA) is 135 Å². The minimum absolute atomic E-state index is 0.000556. The largest absolute Gasteiger partial charge is 0.411 e. The highest BCUT2D eigenvalue weighted by Crippen LogP contribution is 2.26. The molecule has 0 saturated carbocycles. The van der Waals surface area contributed by atoms with Gasteiger partial charge in [0.05, 0.1) is 16.7 Å². The lowest BCUT2D eigenvalue weighted by atomic mass is 9.90. The molecule has 0 bridgehead atoms. The van der Waals surface area contributed by atoms with E-state index in [4.69, 9.17) is 4.42 Å². The predicted molar refractivity (Wildman–Crippen MR) is 94.1 cm³/mol. The third-order valence-corrected chi connectivity index (χ3v) is 4.64. The van der Waals surface area contributed by atoms with Crippen molar-refractivity contribution in [2.24, 2.45) is 5.92 Å². The number of rotatable bonds is 7. The first-order chi connectivity index (χ1) is 12.2. The molecule has 0 aliphatic rings. The molecule has 1 heterocycles. The first-order valence-corrected chi connectivity index (χ1v) is 8.67. The quantitative estimate of drug-likeness (QED) is 0.443. The zero-order valence-corrected chi connectivity index (χ0v) is 15.2. The molecule has 0 aliphatic heterocycles. The number of hydrogen-bond donors (Lipinski definition) is 1. The Morgan fingerprint density at radius 3 is 2.85 bits per heavy atom. The van der Waals surface area contributed by atoms with Gasteiger partial charge in [0.15, 0.2) is 0 Å². The van der Waals surface area contributed by atoms with Crippen LogP contribution in [0.4, 0.5) is 5.69 Å². The highest BCUT2D eigenvalue weighted by molar-refractivity contribution is 7.99. The fourth-order valence-electron chi connectivity index (χ4n) is 1.89. The zero-order chi connectivity index (χ0) is 19.3. The van der Waals surface area contributed by atoms with Crippen molar-refractivity contribution in [1.29, 1.82) is 5.26 Å². The van der Waals surface area contributed by atoms with E-state index >= 15 is 0 Å². The number of carbonyl (C=O) groups is 1. The van der Waals surface area contributed by atoms with E-state index in [0.717, 1.165) is 11.8 Å². The number of non-ortho nitro benzene ring substituents is 1. The van der Waals surface area contributed by atoms with Gasteiger partial charge < -0.3 is 9.73 Å². The van der Waals surface area contributed by atoms with Gasteiger partial charge >= 0.3 is 0 Å². The Labute approximate surface area is 153 Å². The molecule has 0 saturated heterocycles. The molecule has 136 valence electrons. The van der Waals surface area contributed by atoms with Crippen LogP contribution >= 0.6 is 11.8 Å². The van der Waals surface area contributed by atoms with Gasteiger partial charge in [0.2, 0.25) is 11.8 Å². The highest BCUT2D eigenvalue weighted by atomic mass is 32.2. The first-order valence-electron chi connectivity index (χ1n) is 7.68. The van der Waals surface area contributed by atoms with Gasteiger partial charge in [-0.2, -0.15) is 5.26 Å². The number of hydrogen-bond acceptors (Lipinski definition) is 8. The van der Waals surface area contributed by atoms with Crippen LogP contribution in [0.25, 0.3) is 11.5 Å². The maximum Gasteiger partial charge on any atom is 0.277 e. The summed E-state index contributed by atoms with van der Waals surface area (Å²) < 4.78 is 5.43. The van der Waals surface area contributed by atoms with E-state index in [1.807, 2.05) is 13.8 Å². The van der Waals surface area contributed by atoms with Gasteiger partial charge in [-0.3, -0.25) is 14.9 Å². The van der Waals surface area contributed by atoms with Crippen LogP contribution in [0.5, 0.6) is 0 Å². The van der Waals surface area contributed by atoms with Gasteiger partial charge in [-0.25, -0.2) is 0 Å². The second-order valence-electron chi connectivity index (χ2n) is 5.99. The minimum Gasteiger partial charge on any atom is -0.411 e. The summed E-state index contributed by atoms with van der Waals surface area (Å²) in [4.78, 5) is 22.4. The van der Waals surface area contributed by atoms with Crippen LogP contribution in [0.3, 0.4) is 0 Å². The number of benzene rings is 1. The summed E-state index contributed by atoms with van der Waals surface area (Å²) >= 11 is 1.02. The number of nitrogens with zero attached hydrogens (tertiary/aromatic N) is 4. The molecular weight excluding hydrogens is 358 g/mol. The van der Waals surface area contributed by atoms with Crippen molar-refractivity contribution in [1.82, 2.24) is 15.5 Å². The fraction of sp³-hybridized carbons (Fsp3) is 0.375. The number of amides is 1. The molecule has 10 heteroatoms. The molecule has 0 spiro atoms. The van der Waals surface area contributed by atoms with Crippen LogP contribution in [0.2, 0.25) is 0 Å². The van der Waals surface area contributed by atoms with Crippen molar-refractivity contribution >= 4 is 23.4 Å². The standard InChI is InChI=1S/C16H17N5O4S/c1-10(2)16(3,9-17)18-13(22)8-26-15-20-19-14(25-15)11-5-4-6-12(7-11)21(23)24/h4-7,10H,8H2,1-3H3,(H,18,22)/t16-/m1/s1. The van der Waals surface area contributed by atoms with Crippen LogP contribution in [0, 0.1) is 27.4 Å². The average molecular weight is 375 g/mol. The molecule has 26 heavy (non-hydrogen) atoms. The van der Waals surface area contributed by atoms with Crippen LogP contribution in [-0.2, 0) is 4.79 Å². The maximum atomic E-state index is 12.0. The molecular formula is C16H17N5O4S. The summed E-state index contributed by atoms with van der Waals surface area (Å²) in [5, 5.41) is 30.5. The molecule has 1 aromatic heterocycles. The first kappa shape index (κ1) is 19.4. The lowest BCUT2D eigenvalue weighted by Crippen LogP contribution is -2.49. The summed E-state index contributed by atoms with van der Waals surface area (Å²) in [7, 11) is 0. The van der Waals surface area contributed by atoms with Crippen LogP contribution in [0.1, 0.15) is 20.8 Å². The molecule has 2 rings (SSSR count). The van der Waals surface area contributed by atoms with Crippen molar-refractivity contribution in [2.75, 3.05) is 5.75 Å². The number of nitro groups is 1. The Balaban J connectivity index is 2.01. The lowest BCUT2D eigenvalue weighted by Gasteiger charge is -2.27. The van der Waals surface area contributed by atoms with Gasteiger partial charge in [-0.1, -0.05) is 31.7 Å². The van der Waals surface area contributed by atoms with Crippen molar-refractivity contribution in [2.45, 2.75) is 31.5 Å². The average Bonchev–Trinajstić information content (AvgIpc) is 3.09. The molecule has 0 unspecified atom stereocenters. The Bertz CT molecular complexity index is 860. The van der Waals surface area contributed by atoms with E-state index in [1.54, 1.807) is 13.0 Å². The second-order valence-corrected chi connectivity index (χ2v) is 6.91. The Hall–Kier alpha value is -2.93. The molecule has 1 atom stereocenters. The molecule has 1 amide bonds. The lowest BCUT2D eigenvalue weighted by molar-refractivity contribution is -0.384. The van der Waals surface area contributed by atoms with Crippen LogP contribution in [0.15, 0.2) is 33.9 Å². The second kappa shape index (κ2) is 7.97. The monoisotopic (exact) mass is 375 g/mol. The van der Waals surface area contributed by atoms with E-state index in [-0.39, 0.29) is 34.4 Å². The number of nitro benzene ring substituents is 1. The van der Waals surface area contributed by atoms with Crippen molar-refractivity contribution in [3.05, 3.63) is 34.4 Å². The summed E-state index contributed by atoms with van der Waals surface area (Å²) in [5.41, 5.74) is -0.626. The van der Waals surface area contributed by atoms with E-state index in [2.05, 4.69) is 21.6 Å². The number of thioether (sulfide) groups is 1. The van der Waals surface area contributed by atoms with Crippen molar-refractivity contribution in [3.63, 3.8) is 0 Å². The van der Waals surface area contributed by atoms with E-state index in [9.17, 15) is 20.2 Å². The van der Waals surface area contributed by atoms with Gasteiger partial charge in [0.1, 0.15) is 5.54 Å². The Morgan fingerprint density at radius 1 is 1.50 bits per heavy atom. The van der Waals surface area contributed by atoms with E-state index in [0.29, 0.717) is 5.56 Å². The summed E-state index contributed by atoms with van der Waals surface area (Å²) in [5.74, 6) is -0.255. The number of nitriles is 1. The highest BCUT2D eigenvalue weighted by Gasteiger charge is 2.30. The van der Waals surface area contributed by atoms with Gasteiger partial charge in [0, 0.05) is 17.7 Å². The molecule has 1 N–H and O–H groups in total. The normalized spacial score (nSPS) is 13.0. The zero-order valence-electron chi connectivity index (χ0n) is 14.4. The SMILES string of the molecule is CC(C)[C@@](C)(C#N)NC(=O)CSc1nnc(-c2cccc([N+](=O)[O-])c2)o1. The van der Waals surface area contributed by atoms with E-state index < -0.39 is 10.5 Å². The molecule has 0 fully saturated rings. The molecule has 0 aliphatic carbocycles. The van der Waals surface area contributed by atoms with Gasteiger partial charge in [0.25, 0.3) is 10.9 Å². The Morgan fingerprint density at radius 2 is 2.23 bits per heavy atom. The van der Waals surface area contributed by atoms with Crippen LogP contribution in [-0.4, -0.2) is 32.3 Å². The summed E-state index contributed by atoms with van der Waals surface area (Å²) in [6.45, 7) is 5.35. The van der Waals surface area contributed by atoms with Gasteiger partial charge in [-0.05, 0) is 18.9 Å². The summed E-state index contributed by atoms with van der Waals surface area (Å²) in [6, 6.07) is 7.92. The molecule has 9 nitrogen and oxygen atoms in total. The third-order valence-electron chi connectivity index (χ3n) is 3.82. The van der Waals surface area contributed by atoms with Crippen molar-refractivity contribution in [3.8, 4) is 17.5 Å². The van der Waals surface area contributed by atoms with Crippen LogP contribution < -0.4 is 5.32 Å². The van der Waals surface area contributed by atoms with Crippen molar-refractivity contribution < 1.29 is 14.1 Å². The van der Waals surface area contributed by atoms with Gasteiger partial charge in [-0.15, -0.1) is 10.2 Å². The molecule has 2 aromatic rings. The van der Waals surface area contributed by atoms with E-state index in [1.165, 1.54) is 18.2 Å². The molecule has 1 aromatic carbocycles. The fourth-order valence-corrected chi connectivity index (χ4v) is 2.45. The minimum atomic E-state index is -0.958. The number of carbonyl (C=O) groups excluding carboxylic acids is 1. The number of nitrogens with one attached hydrogen (secondary N) is 1. The number of aromatic nitrogens is 2. The molecule has 0 radical (unpaired) electrons. The Kier molecular flexibility index (Phi) is 5.94. The predicted octanol–water partition coefficient (Wildman–Crippen LogP) is 2.79. The summed E-state index contributed by atoms with van der Waals surface area (Å²) in [6.07, 6.45) is 0. The smallest absolute Gasteiger partial charge is 0.277 e. The third kappa shape index (κ3) is 4.58. The maximum absolute atomic E-state index is 12.0.